The van der Waals surface area contributed by atoms with Gasteiger partial charge in [0.15, 0.2) is 0 Å². The van der Waals surface area contributed by atoms with E-state index in [9.17, 15) is 4.79 Å². The largest absolute Gasteiger partial charge is 0.287 e. The summed E-state index contributed by atoms with van der Waals surface area (Å²) >= 11 is 1.43. The van der Waals surface area contributed by atoms with Crippen molar-refractivity contribution in [1.82, 2.24) is 5.06 Å². The lowest BCUT2D eigenvalue weighted by molar-refractivity contribution is -0.0753. The Balaban J connectivity index is 2.39. The zero-order valence-electron chi connectivity index (χ0n) is 10.6. The summed E-state index contributed by atoms with van der Waals surface area (Å²) in [6, 6.07) is 10.1. The lowest BCUT2D eigenvalue weighted by atomic mass is 10.0. The van der Waals surface area contributed by atoms with Crippen LogP contribution in [0.3, 0.4) is 0 Å². The fourth-order valence-corrected chi connectivity index (χ4v) is 2.54. The predicted octanol–water partition coefficient (Wildman–Crippen LogP) is 3.36. The first-order chi connectivity index (χ1) is 8.63. The number of hydrogen-bond donors (Lipinski definition) is 0. The summed E-state index contributed by atoms with van der Waals surface area (Å²) < 4.78 is 0. The fraction of sp³-hybridized carbons (Fsp3) is 0.214. The molecule has 0 aliphatic carbocycles. The first-order valence-electron chi connectivity index (χ1n) is 5.60. The molecule has 1 amide bonds. The van der Waals surface area contributed by atoms with E-state index in [-0.39, 0.29) is 5.91 Å². The standard InChI is InChI=1S/C14H15NO2S/c1-10-4-6-11(7-5-10)12-8-9-18-13(12)14(16)15(2)17-3/h4-9H,1-3H3. The average Bonchev–Trinajstić information content (AvgIpc) is 2.87. The van der Waals surface area contributed by atoms with E-state index in [1.165, 1.54) is 29.1 Å². The van der Waals surface area contributed by atoms with Crippen molar-refractivity contribution in [2.45, 2.75) is 6.92 Å². The first-order valence-corrected chi connectivity index (χ1v) is 6.48. The van der Waals surface area contributed by atoms with Crippen LogP contribution < -0.4 is 0 Å². The molecule has 0 spiro atoms. The Bertz CT molecular complexity index is 545. The molecule has 0 radical (unpaired) electrons. The molecule has 0 N–H and O–H groups in total. The number of benzene rings is 1. The van der Waals surface area contributed by atoms with Gasteiger partial charge in [-0.15, -0.1) is 11.3 Å². The highest BCUT2D eigenvalue weighted by Gasteiger charge is 2.18. The minimum Gasteiger partial charge on any atom is -0.274 e. The van der Waals surface area contributed by atoms with Gasteiger partial charge < -0.3 is 0 Å². The van der Waals surface area contributed by atoms with Crippen LogP contribution in [0.15, 0.2) is 35.7 Å². The third-order valence-electron chi connectivity index (χ3n) is 2.78. The van der Waals surface area contributed by atoms with E-state index in [0.29, 0.717) is 4.88 Å². The Labute approximate surface area is 111 Å². The third-order valence-corrected chi connectivity index (χ3v) is 3.68. The van der Waals surface area contributed by atoms with Gasteiger partial charge >= 0.3 is 0 Å². The highest BCUT2D eigenvalue weighted by Crippen LogP contribution is 2.29. The summed E-state index contributed by atoms with van der Waals surface area (Å²) in [7, 11) is 3.10. The maximum Gasteiger partial charge on any atom is 0.287 e. The minimum absolute atomic E-state index is 0.122. The van der Waals surface area contributed by atoms with E-state index in [1.54, 1.807) is 7.05 Å². The number of carbonyl (C=O) groups is 1. The van der Waals surface area contributed by atoms with Crippen molar-refractivity contribution in [3.05, 3.63) is 46.2 Å². The van der Waals surface area contributed by atoms with E-state index >= 15 is 0 Å². The molecule has 18 heavy (non-hydrogen) atoms. The van der Waals surface area contributed by atoms with Crippen LogP contribution in [0.2, 0.25) is 0 Å². The molecule has 0 fully saturated rings. The van der Waals surface area contributed by atoms with Gasteiger partial charge in [0.2, 0.25) is 0 Å². The van der Waals surface area contributed by atoms with Gasteiger partial charge in [-0.2, -0.15) is 0 Å². The highest BCUT2D eigenvalue weighted by molar-refractivity contribution is 7.12. The van der Waals surface area contributed by atoms with E-state index in [0.717, 1.165) is 11.1 Å². The Morgan fingerprint density at radius 1 is 1.22 bits per heavy atom. The predicted molar refractivity (Wildman–Crippen MR) is 73.6 cm³/mol. The summed E-state index contributed by atoms with van der Waals surface area (Å²) in [6.07, 6.45) is 0. The summed E-state index contributed by atoms with van der Waals surface area (Å²) in [6.45, 7) is 2.04. The first kappa shape index (κ1) is 12.8. The topological polar surface area (TPSA) is 29.5 Å². The van der Waals surface area contributed by atoms with Crippen LogP contribution in [-0.4, -0.2) is 25.1 Å². The van der Waals surface area contributed by atoms with Crippen molar-refractivity contribution >= 4 is 17.2 Å². The quantitative estimate of drug-likeness (QED) is 0.793. The van der Waals surface area contributed by atoms with Crippen molar-refractivity contribution in [3.63, 3.8) is 0 Å². The highest BCUT2D eigenvalue weighted by atomic mass is 32.1. The third kappa shape index (κ3) is 2.44. The van der Waals surface area contributed by atoms with Crippen molar-refractivity contribution in [2.75, 3.05) is 14.2 Å². The van der Waals surface area contributed by atoms with Crippen molar-refractivity contribution in [3.8, 4) is 11.1 Å². The lowest BCUT2D eigenvalue weighted by Crippen LogP contribution is -2.24. The number of thiophene rings is 1. The van der Waals surface area contributed by atoms with Crippen molar-refractivity contribution in [1.29, 1.82) is 0 Å². The second-order valence-electron chi connectivity index (χ2n) is 4.01. The molecule has 0 saturated heterocycles. The molecule has 1 heterocycles. The second kappa shape index (κ2) is 5.33. The molecule has 0 atom stereocenters. The molecule has 1 aromatic heterocycles. The monoisotopic (exact) mass is 261 g/mol. The molecule has 94 valence electrons. The Morgan fingerprint density at radius 3 is 2.50 bits per heavy atom. The summed E-state index contributed by atoms with van der Waals surface area (Å²) in [5.41, 5.74) is 3.21. The number of amides is 1. The van der Waals surface area contributed by atoms with Crippen LogP contribution in [0.5, 0.6) is 0 Å². The number of rotatable bonds is 3. The molecule has 0 saturated carbocycles. The van der Waals surface area contributed by atoms with Crippen molar-refractivity contribution < 1.29 is 9.63 Å². The van der Waals surface area contributed by atoms with E-state index in [2.05, 4.69) is 0 Å². The number of hydrogen-bond acceptors (Lipinski definition) is 3. The Hall–Kier alpha value is -1.65. The van der Waals surface area contributed by atoms with Crippen LogP contribution in [0.4, 0.5) is 0 Å². The molecule has 2 aromatic rings. The molecule has 3 nitrogen and oxygen atoms in total. The molecule has 2 rings (SSSR count). The van der Waals surface area contributed by atoms with Gasteiger partial charge in [0.25, 0.3) is 5.91 Å². The van der Waals surface area contributed by atoms with Gasteiger partial charge in [-0.3, -0.25) is 9.63 Å². The second-order valence-corrected chi connectivity index (χ2v) is 4.93. The number of aryl methyl sites for hydroxylation is 1. The summed E-state index contributed by atoms with van der Waals surface area (Å²) in [4.78, 5) is 17.7. The van der Waals surface area contributed by atoms with Crippen LogP contribution in [0.1, 0.15) is 15.2 Å². The zero-order chi connectivity index (χ0) is 13.1. The van der Waals surface area contributed by atoms with Crippen LogP contribution >= 0.6 is 11.3 Å². The van der Waals surface area contributed by atoms with Gasteiger partial charge in [-0.25, -0.2) is 5.06 Å². The SMILES string of the molecule is CON(C)C(=O)c1sccc1-c1ccc(C)cc1. The molecular weight excluding hydrogens is 246 g/mol. The number of nitrogens with zero attached hydrogens (tertiary/aromatic N) is 1. The molecule has 1 aromatic carbocycles. The molecular formula is C14H15NO2S. The molecule has 4 heteroatoms. The normalized spacial score (nSPS) is 10.4. The van der Waals surface area contributed by atoms with Crippen LogP contribution in [0, 0.1) is 6.92 Å². The molecule has 0 aliphatic rings. The molecule has 0 unspecified atom stereocenters. The van der Waals surface area contributed by atoms with Crippen molar-refractivity contribution in [2.24, 2.45) is 0 Å². The van der Waals surface area contributed by atoms with Crippen LogP contribution in [-0.2, 0) is 4.84 Å². The minimum atomic E-state index is -0.122. The number of hydroxylamine groups is 2. The average molecular weight is 261 g/mol. The zero-order valence-corrected chi connectivity index (χ0v) is 11.5. The van der Waals surface area contributed by atoms with Gasteiger partial charge in [0.1, 0.15) is 4.88 Å². The van der Waals surface area contributed by atoms with Gasteiger partial charge in [0, 0.05) is 12.6 Å². The lowest BCUT2D eigenvalue weighted by Gasteiger charge is -2.13. The van der Waals surface area contributed by atoms with Gasteiger partial charge in [-0.05, 0) is 23.9 Å². The fourth-order valence-electron chi connectivity index (χ4n) is 1.66. The van der Waals surface area contributed by atoms with E-state index in [1.807, 2.05) is 42.6 Å². The van der Waals surface area contributed by atoms with E-state index in [4.69, 9.17) is 4.84 Å². The Morgan fingerprint density at radius 2 is 1.89 bits per heavy atom. The Kier molecular flexibility index (Phi) is 3.79. The number of carbonyl (C=O) groups excluding carboxylic acids is 1. The maximum absolute atomic E-state index is 12.1. The summed E-state index contributed by atoms with van der Waals surface area (Å²) in [5.74, 6) is -0.122. The maximum atomic E-state index is 12.1. The molecule has 0 aliphatic heterocycles. The van der Waals surface area contributed by atoms with E-state index < -0.39 is 0 Å². The van der Waals surface area contributed by atoms with Gasteiger partial charge in [0.05, 0.1) is 7.11 Å². The van der Waals surface area contributed by atoms with Gasteiger partial charge in [-0.1, -0.05) is 29.8 Å². The smallest absolute Gasteiger partial charge is 0.274 e. The summed E-state index contributed by atoms with van der Waals surface area (Å²) in [5, 5.41) is 3.16. The molecule has 0 bridgehead atoms. The van der Waals surface area contributed by atoms with Crippen LogP contribution in [0.25, 0.3) is 11.1 Å².